The SMILES string of the molecule is C[C@@H](N)c1ccnc(N2CCC3CCC(C2)N3C)c1. The maximum Gasteiger partial charge on any atom is 0.128 e. The largest absolute Gasteiger partial charge is 0.355 e. The van der Waals surface area contributed by atoms with E-state index in [0.29, 0.717) is 6.04 Å². The molecule has 4 nitrogen and oxygen atoms in total. The van der Waals surface area contributed by atoms with E-state index in [1.54, 1.807) is 0 Å². The molecule has 2 fully saturated rings. The lowest BCUT2D eigenvalue weighted by molar-refractivity contribution is 0.254. The fourth-order valence-corrected chi connectivity index (χ4v) is 3.41. The van der Waals surface area contributed by atoms with Gasteiger partial charge < -0.3 is 10.6 Å². The topological polar surface area (TPSA) is 45.4 Å². The van der Waals surface area contributed by atoms with E-state index in [-0.39, 0.29) is 6.04 Å². The molecule has 0 aliphatic carbocycles. The average Bonchev–Trinajstić information content (AvgIpc) is 2.63. The molecule has 2 aliphatic heterocycles. The summed E-state index contributed by atoms with van der Waals surface area (Å²) in [6.07, 6.45) is 5.82. The molecule has 0 aromatic carbocycles. The molecule has 0 amide bonds. The fourth-order valence-electron chi connectivity index (χ4n) is 3.41. The van der Waals surface area contributed by atoms with Crippen molar-refractivity contribution >= 4 is 5.82 Å². The van der Waals surface area contributed by atoms with Gasteiger partial charge in [0.15, 0.2) is 0 Å². The van der Waals surface area contributed by atoms with Gasteiger partial charge in [-0.1, -0.05) is 0 Å². The molecule has 0 spiro atoms. The first-order chi connectivity index (χ1) is 9.15. The van der Waals surface area contributed by atoms with Gasteiger partial charge in [0.25, 0.3) is 0 Å². The zero-order valence-electron chi connectivity index (χ0n) is 11.9. The van der Waals surface area contributed by atoms with Crippen LogP contribution >= 0.6 is 0 Å². The Morgan fingerprint density at radius 3 is 2.89 bits per heavy atom. The molecular formula is C15H24N4. The lowest BCUT2D eigenvalue weighted by Gasteiger charge is -2.27. The Kier molecular flexibility index (Phi) is 3.46. The second kappa shape index (κ2) is 5.10. The van der Waals surface area contributed by atoms with Crippen molar-refractivity contribution in [3.63, 3.8) is 0 Å². The van der Waals surface area contributed by atoms with E-state index in [1.807, 2.05) is 19.2 Å². The molecule has 3 rings (SSSR count). The molecule has 2 aliphatic rings. The molecule has 2 N–H and O–H groups in total. The summed E-state index contributed by atoms with van der Waals surface area (Å²) in [7, 11) is 2.28. The lowest BCUT2D eigenvalue weighted by Crippen LogP contribution is -2.37. The summed E-state index contributed by atoms with van der Waals surface area (Å²) in [4.78, 5) is 9.55. The minimum absolute atomic E-state index is 0.0767. The van der Waals surface area contributed by atoms with E-state index < -0.39 is 0 Å². The maximum absolute atomic E-state index is 5.97. The summed E-state index contributed by atoms with van der Waals surface area (Å²) in [6.45, 7) is 4.24. The van der Waals surface area contributed by atoms with Crippen LogP contribution in [0.1, 0.15) is 37.8 Å². The second-order valence-corrected chi connectivity index (χ2v) is 6.02. The van der Waals surface area contributed by atoms with Crippen molar-refractivity contribution in [1.82, 2.24) is 9.88 Å². The Balaban J connectivity index is 1.81. The molecule has 104 valence electrons. The molecule has 2 unspecified atom stereocenters. The van der Waals surface area contributed by atoms with Crippen LogP contribution in [-0.2, 0) is 0 Å². The van der Waals surface area contributed by atoms with E-state index in [4.69, 9.17) is 5.73 Å². The number of nitrogens with two attached hydrogens (primary N) is 1. The Morgan fingerprint density at radius 2 is 2.11 bits per heavy atom. The number of anilines is 1. The van der Waals surface area contributed by atoms with Crippen LogP contribution in [-0.4, -0.2) is 42.1 Å². The molecule has 4 heteroatoms. The Bertz CT molecular complexity index is 446. The van der Waals surface area contributed by atoms with Crippen LogP contribution in [0.2, 0.25) is 0 Å². The van der Waals surface area contributed by atoms with Crippen molar-refractivity contribution in [2.45, 2.75) is 44.3 Å². The van der Waals surface area contributed by atoms with Gasteiger partial charge in [-0.2, -0.15) is 0 Å². The third-order valence-corrected chi connectivity index (χ3v) is 4.77. The highest BCUT2D eigenvalue weighted by molar-refractivity contribution is 5.42. The summed E-state index contributed by atoms with van der Waals surface area (Å²) in [5.74, 6) is 1.09. The monoisotopic (exact) mass is 260 g/mol. The van der Waals surface area contributed by atoms with E-state index >= 15 is 0 Å². The Morgan fingerprint density at radius 1 is 1.32 bits per heavy atom. The zero-order chi connectivity index (χ0) is 13.4. The fraction of sp³-hybridized carbons (Fsp3) is 0.667. The van der Waals surface area contributed by atoms with Gasteiger partial charge in [-0.15, -0.1) is 0 Å². The summed E-state index contributed by atoms with van der Waals surface area (Å²) in [5.41, 5.74) is 7.14. The van der Waals surface area contributed by atoms with Crippen molar-refractivity contribution in [3.8, 4) is 0 Å². The van der Waals surface area contributed by atoms with Crippen LogP contribution < -0.4 is 10.6 Å². The minimum atomic E-state index is 0.0767. The highest BCUT2D eigenvalue weighted by atomic mass is 15.3. The van der Waals surface area contributed by atoms with Gasteiger partial charge in [0.1, 0.15) is 5.82 Å². The quantitative estimate of drug-likeness (QED) is 0.880. The summed E-state index contributed by atoms with van der Waals surface area (Å²) >= 11 is 0. The van der Waals surface area contributed by atoms with Crippen LogP contribution in [0.4, 0.5) is 5.82 Å². The standard InChI is InChI=1S/C15H24N4/c1-11(16)12-5-7-17-15(9-12)19-8-6-13-3-4-14(10-19)18(13)2/h5,7,9,11,13-14H,3-4,6,8,10,16H2,1-2H3/t11-,13?,14?/m1/s1. The smallest absolute Gasteiger partial charge is 0.128 e. The normalized spacial score (nSPS) is 29.3. The number of likely N-dealkylation sites (N-methyl/N-ethyl adjacent to an activating group) is 1. The summed E-state index contributed by atoms with van der Waals surface area (Å²) in [6, 6.07) is 5.71. The first kappa shape index (κ1) is 12.9. The van der Waals surface area contributed by atoms with Crippen LogP contribution in [0.25, 0.3) is 0 Å². The van der Waals surface area contributed by atoms with E-state index in [0.717, 1.165) is 24.9 Å². The average molecular weight is 260 g/mol. The van der Waals surface area contributed by atoms with E-state index in [9.17, 15) is 0 Å². The molecule has 2 bridgehead atoms. The maximum atomic E-state index is 5.97. The number of fused-ring (bicyclic) bond motifs is 2. The van der Waals surface area contributed by atoms with Gasteiger partial charge in [-0.05, 0) is 50.9 Å². The molecule has 1 aromatic rings. The van der Waals surface area contributed by atoms with Crippen molar-refractivity contribution in [2.75, 3.05) is 25.0 Å². The third kappa shape index (κ3) is 2.47. The van der Waals surface area contributed by atoms with Gasteiger partial charge >= 0.3 is 0 Å². The van der Waals surface area contributed by atoms with Gasteiger partial charge in [0, 0.05) is 37.4 Å². The highest BCUT2D eigenvalue weighted by Gasteiger charge is 2.34. The van der Waals surface area contributed by atoms with Crippen molar-refractivity contribution in [1.29, 1.82) is 0 Å². The molecule has 0 saturated carbocycles. The predicted molar refractivity (Wildman–Crippen MR) is 78.2 cm³/mol. The van der Waals surface area contributed by atoms with Crippen molar-refractivity contribution < 1.29 is 0 Å². The van der Waals surface area contributed by atoms with E-state index in [2.05, 4.69) is 27.9 Å². The second-order valence-electron chi connectivity index (χ2n) is 6.02. The summed E-state index contributed by atoms with van der Waals surface area (Å²) in [5, 5.41) is 0. The van der Waals surface area contributed by atoms with Crippen LogP contribution in [0, 0.1) is 0 Å². The highest BCUT2D eigenvalue weighted by Crippen LogP contribution is 2.30. The molecule has 1 aromatic heterocycles. The molecule has 2 saturated heterocycles. The lowest BCUT2D eigenvalue weighted by atomic mass is 10.1. The molecule has 3 atom stereocenters. The third-order valence-electron chi connectivity index (χ3n) is 4.77. The molecule has 19 heavy (non-hydrogen) atoms. The molecule has 0 radical (unpaired) electrons. The van der Waals surface area contributed by atoms with Crippen LogP contribution in [0.3, 0.4) is 0 Å². The predicted octanol–water partition coefficient (Wildman–Crippen LogP) is 1.77. The van der Waals surface area contributed by atoms with Crippen molar-refractivity contribution in [3.05, 3.63) is 23.9 Å². The zero-order valence-corrected chi connectivity index (χ0v) is 11.9. The van der Waals surface area contributed by atoms with Gasteiger partial charge in [0.05, 0.1) is 0 Å². The number of aromatic nitrogens is 1. The van der Waals surface area contributed by atoms with Crippen molar-refractivity contribution in [2.24, 2.45) is 5.73 Å². The first-order valence-electron chi connectivity index (χ1n) is 7.33. The Hall–Kier alpha value is -1.13. The van der Waals surface area contributed by atoms with E-state index in [1.165, 1.54) is 24.8 Å². The van der Waals surface area contributed by atoms with Gasteiger partial charge in [0.2, 0.25) is 0 Å². The van der Waals surface area contributed by atoms with Gasteiger partial charge in [-0.3, -0.25) is 4.90 Å². The first-order valence-corrected chi connectivity index (χ1v) is 7.33. The molecular weight excluding hydrogens is 236 g/mol. The number of pyridine rings is 1. The van der Waals surface area contributed by atoms with Crippen LogP contribution in [0.5, 0.6) is 0 Å². The molecule has 3 heterocycles. The number of rotatable bonds is 2. The van der Waals surface area contributed by atoms with Gasteiger partial charge in [-0.25, -0.2) is 4.98 Å². The number of hydrogen-bond acceptors (Lipinski definition) is 4. The minimum Gasteiger partial charge on any atom is -0.355 e. The van der Waals surface area contributed by atoms with Crippen LogP contribution in [0.15, 0.2) is 18.3 Å². The number of nitrogens with zero attached hydrogens (tertiary/aromatic N) is 3. The Labute approximate surface area is 115 Å². The number of hydrogen-bond donors (Lipinski definition) is 1. The summed E-state index contributed by atoms with van der Waals surface area (Å²) < 4.78 is 0.